The van der Waals surface area contributed by atoms with Crippen molar-refractivity contribution >= 4 is 5.69 Å². The first-order valence-electron chi connectivity index (χ1n) is 5.75. The van der Waals surface area contributed by atoms with Gasteiger partial charge in [0.1, 0.15) is 0 Å². The van der Waals surface area contributed by atoms with Crippen molar-refractivity contribution in [3.8, 4) is 0 Å². The highest BCUT2D eigenvalue weighted by atomic mass is 16.6. The van der Waals surface area contributed by atoms with Crippen molar-refractivity contribution in [2.24, 2.45) is 5.73 Å². The van der Waals surface area contributed by atoms with E-state index in [4.69, 9.17) is 10.5 Å². The average Bonchev–Trinajstić information content (AvgIpc) is 2.27. The maximum atomic E-state index is 10.5. The first kappa shape index (κ1) is 12.0. The van der Waals surface area contributed by atoms with Gasteiger partial charge in [0.2, 0.25) is 0 Å². The smallest absolute Gasteiger partial charge is 0.269 e. The Morgan fingerprint density at radius 1 is 1.35 bits per heavy atom. The van der Waals surface area contributed by atoms with Crippen LogP contribution in [0, 0.1) is 10.1 Å². The molecular formula is C12H16N2O3. The number of nitro groups is 1. The molecule has 17 heavy (non-hydrogen) atoms. The molecule has 0 saturated heterocycles. The summed E-state index contributed by atoms with van der Waals surface area (Å²) in [7, 11) is 0. The van der Waals surface area contributed by atoms with Crippen LogP contribution in [0.5, 0.6) is 0 Å². The largest absolute Gasteiger partial charge is 0.378 e. The Bertz CT molecular complexity index is 385. The fraction of sp³-hybridized carbons (Fsp3) is 0.500. The molecule has 5 nitrogen and oxygen atoms in total. The van der Waals surface area contributed by atoms with Crippen molar-refractivity contribution in [3.05, 3.63) is 39.9 Å². The van der Waals surface area contributed by atoms with Gasteiger partial charge < -0.3 is 10.5 Å². The van der Waals surface area contributed by atoms with E-state index in [1.807, 2.05) is 0 Å². The van der Waals surface area contributed by atoms with Crippen LogP contribution in [-0.4, -0.2) is 23.7 Å². The van der Waals surface area contributed by atoms with Crippen LogP contribution >= 0.6 is 0 Å². The van der Waals surface area contributed by atoms with Gasteiger partial charge in [-0.2, -0.15) is 0 Å². The summed E-state index contributed by atoms with van der Waals surface area (Å²) in [4.78, 5) is 10.1. The fourth-order valence-electron chi connectivity index (χ4n) is 1.87. The molecular weight excluding hydrogens is 220 g/mol. The molecule has 2 rings (SSSR count). The number of ether oxygens (including phenoxy) is 1. The molecule has 1 aromatic carbocycles. The standard InChI is InChI=1S/C12H16N2O3/c13-10-7-12(8-10)17-6-5-9-1-3-11(4-2-9)14(15)16/h1-4,10,12H,5-8,13H2. The molecule has 1 aromatic rings. The minimum Gasteiger partial charge on any atom is -0.378 e. The van der Waals surface area contributed by atoms with E-state index < -0.39 is 4.92 Å². The Hall–Kier alpha value is -1.46. The second-order valence-corrected chi connectivity index (χ2v) is 4.40. The first-order valence-corrected chi connectivity index (χ1v) is 5.75. The first-order chi connectivity index (χ1) is 8.15. The van der Waals surface area contributed by atoms with Gasteiger partial charge in [-0.05, 0) is 24.8 Å². The average molecular weight is 236 g/mol. The summed E-state index contributed by atoms with van der Waals surface area (Å²) >= 11 is 0. The zero-order valence-corrected chi connectivity index (χ0v) is 9.54. The van der Waals surface area contributed by atoms with Crippen molar-refractivity contribution in [3.63, 3.8) is 0 Å². The lowest BCUT2D eigenvalue weighted by molar-refractivity contribution is -0.384. The molecule has 0 aliphatic heterocycles. The van der Waals surface area contributed by atoms with Crippen LogP contribution in [0.2, 0.25) is 0 Å². The number of hydrogen-bond donors (Lipinski definition) is 1. The van der Waals surface area contributed by atoms with E-state index >= 15 is 0 Å². The molecule has 0 atom stereocenters. The SMILES string of the molecule is NC1CC(OCCc2ccc([N+](=O)[O-])cc2)C1. The minimum atomic E-state index is -0.393. The predicted molar refractivity (Wildman–Crippen MR) is 63.7 cm³/mol. The van der Waals surface area contributed by atoms with E-state index in [-0.39, 0.29) is 5.69 Å². The second kappa shape index (κ2) is 5.25. The van der Waals surface area contributed by atoms with Crippen LogP contribution in [0.3, 0.4) is 0 Å². The third-order valence-electron chi connectivity index (χ3n) is 3.02. The Kier molecular flexibility index (Phi) is 3.71. The maximum absolute atomic E-state index is 10.5. The molecule has 92 valence electrons. The van der Waals surface area contributed by atoms with E-state index in [2.05, 4.69) is 0 Å². The van der Waals surface area contributed by atoms with Crippen LogP contribution in [0.4, 0.5) is 5.69 Å². The van der Waals surface area contributed by atoms with Crippen LogP contribution in [-0.2, 0) is 11.2 Å². The molecule has 0 aromatic heterocycles. The lowest BCUT2D eigenvalue weighted by atomic mass is 9.90. The number of hydrogen-bond acceptors (Lipinski definition) is 4. The maximum Gasteiger partial charge on any atom is 0.269 e. The summed E-state index contributed by atoms with van der Waals surface area (Å²) in [5.74, 6) is 0. The van der Waals surface area contributed by atoms with Gasteiger partial charge in [0.15, 0.2) is 0 Å². The van der Waals surface area contributed by atoms with Gasteiger partial charge in [-0.1, -0.05) is 12.1 Å². The zero-order valence-electron chi connectivity index (χ0n) is 9.54. The normalized spacial score (nSPS) is 23.1. The molecule has 1 fully saturated rings. The van der Waals surface area contributed by atoms with Gasteiger partial charge in [0, 0.05) is 18.2 Å². The molecule has 1 aliphatic carbocycles. The van der Waals surface area contributed by atoms with Gasteiger partial charge in [-0.3, -0.25) is 10.1 Å². The molecule has 1 aliphatic rings. The third-order valence-corrected chi connectivity index (χ3v) is 3.02. The molecule has 0 heterocycles. The van der Waals surface area contributed by atoms with E-state index in [1.54, 1.807) is 12.1 Å². The van der Waals surface area contributed by atoms with E-state index in [0.29, 0.717) is 18.8 Å². The zero-order chi connectivity index (χ0) is 12.3. The summed E-state index contributed by atoms with van der Waals surface area (Å²) in [6.45, 7) is 0.648. The Labute approximate surface area is 99.7 Å². The highest BCUT2D eigenvalue weighted by Gasteiger charge is 2.26. The van der Waals surface area contributed by atoms with Crippen molar-refractivity contribution in [1.82, 2.24) is 0 Å². The topological polar surface area (TPSA) is 78.4 Å². The van der Waals surface area contributed by atoms with Crippen LogP contribution in [0.25, 0.3) is 0 Å². The van der Waals surface area contributed by atoms with Gasteiger partial charge in [0.05, 0.1) is 17.6 Å². The summed E-state index contributed by atoms with van der Waals surface area (Å²) in [6.07, 6.45) is 2.98. The fourth-order valence-corrected chi connectivity index (χ4v) is 1.87. The van der Waals surface area contributed by atoms with E-state index in [0.717, 1.165) is 24.8 Å². The third kappa shape index (κ3) is 3.25. The predicted octanol–water partition coefficient (Wildman–Crippen LogP) is 1.64. The van der Waals surface area contributed by atoms with Crippen molar-refractivity contribution in [1.29, 1.82) is 0 Å². The van der Waals surface area contributed by atoms with Gasteiger partial charge in [-0.25, -0.2) is 0 Å². The highest BCUT2D eigenvalue weighted by Crippen LogP contribution is 2.21. The molecule has 0 amide bonds. The summed E-state index contributed by atoms with van der Waals surface area (Å²) in [5.41, 5.74) is 6.83. The van der Waals surface area contributed by atoms with Gasteiger partial charge in [0.25, 0.3) is 5.69 Å². The monoisotopic (exact) mass is 236 g/mol. The van der Waals surface area contributed by atoms with Crippen LogP contribution < -0.4 is 5.73 Å². The van der Waals surface area contributed by atoms with E-state index in [9.17, 15) is 10.1 Å². The Balaban J connectivity index is 1.73. The Morgan fingerprint density at radius 2 is 2.00 bits per heavy atom. The lowest BCUT2D eigenvalue weighted by Gasteiger charge is -2.32. The van der Waals surface area contributed by atoms with E-state index in [1.165, 1.54) is 12.1 Å². The molecule has 0 unspecified atom stereocenters. The highest BCUT2D eigenvalue weighted by molar-refractivity contribution is 5.32. The number of benzene rings is 1. The number of nitrogens with zero attached hydrogens (tertiary/aromatic N) is 1. The van der Waals surface area contributed by atoms with Gasteiger partial charge >= 0.3 is 0 Å². The minimum absolute atomic E-state index is 0.125. The molecule has 2 N–H and O–H groups in total. The molecule has 1 saturated carbocycles. The lowest BCUT2D eigenvalue weighted by Crippen LogP contribution is -2.41. The second-order valence-electron chi connectivity index (χ2n) is 4.40. The molecule has 5 heteroatoms. The molecule has 0 bridgehead atoms. The summed E-state index contributed by atoms with van der Waals surface area (Å²) in [6, 6.07) is 6.89. The number of non-ortho nitro benzene ring substituents is 1. The number of nitro benzene ring substituents is 1. The molecule has 0 spiro atoms. The van der Waals surface area contributed by atoms with Crippen molar-refractivity contribution < 1.29 is 9.66 Å². The van der Waals surface area contributed by atoms with Crippen molar-refractivity contribution in [2.75, 3.05) is 6.61 Å². The van der Waals surface area contributed by atoms with Gasteiger partial charge in [-0.15, -0.1) is 0 Å². The number of nitrogens with two attached hydrogens (primary N) is 1. The van der Waals surface area contributed by atoms with Crippen LogP contribution in [0.1, 0.15) is 18.4 Å². The Morgan fingerprint density at radius 3 is 2.53 bits per heavy atom. The quantitative estimate of drug-likeness (QED) is 0.622. The van der Waals surface area contributed by atoms with Crippen LogP contribution in [0.15, 0.2) is 24.3 Å². The number of rotatable bonds is 5. The van der Waals surface area contributed by atoms with Crippen molar-refractivity contribution in [2.45, 2.75) is 31.4 Å². The summed E-state index contributed by atoms with van der Waals surface area (Å²) in [5, 5.41) is 10.5. The summed E-state index contributed by atoms with van der Waals surface area (Å²) < 4.78 is 5.62. The molecule has 0 radical (unpaired) electrons.